The van der Waals surface area contributed by atoms with Gasteiger partial charge in [0.25, 0.3) is 5.56 Å². The minimum Gasteiger partial charge on any atom is -0.477 e. The van der Waals surface area contributed by atoms with Crippen molar-refractivity contribution in [2.45, 2.75) is 24.0 Å². The number of nitriles is 1. The first-order valence-electron chi connectivity index (χ1n) is 13.7. The van der Waals surface area contributed by atoms with Crippen LogP contribution in [0.4, 0.5) is 10.1 Å². The third kappa shape index (κ3) is 5.72. The summed E-state index contributed by atoms with van der Waals surface area (Å²) in [5.74, 6) is -2.17. The van der Waals surface area contributed by atoms with Crippen LogP contribution in [0.15, 0.2) is 61.8 Å². The third-order valence-electron chi connectivity index (χ3n) is 7.70. The largest absolute Gasteiger partial charge is 0.477 e. The Kier molecular flexibility index (Phi) is 8.00. The van der Waals surface area contributed by atoms with E-state index in [0.29, 0.717) is 37.3 Å². The Morgan fingerprint density at radius 1 is 1.14 bits per heavy atom. The number of benzene rings is 2. The van der Waals surface area contributed by atoms with Crippen molar-refractivity contribution >= 4 is 56.2 Å². The predicted octanol–water partition coefficient (Wildman–Crippen LogP) is 4.00. The summed E-state index contributed by atoms with van der Waals surface area (Å²) >= 11 is 4.42. The maximum atomic E-state index is 15.3. The number of amides is 1. The molecule has 2 aromatic heterocycles. The van der Waals surface area contributed by atoms with Gasteiger partial charge in [0, 0.05) is 53.8 Å². The minimum atomic E-state index is -1.35. The maximum absolute atomic E-state index is 15.3. The van der Waals surface area contributed by atoms with E-state index < -0.39 is 22.8 Å². The standard InChI is InChI=1S/C30H24BrFN6O5S/c31-17-3-1-16(2-4-17)26-20(13-33)28(41)35-30(34-26)44-15-25(39)37-9-7-36(8-10-37)24-12-23-19(11-22(24)32)27(40)21(29(42)43)14-38(23)18-5-6-18/h1-4,11-12,14,18H,5-10,15H2,(H,42,43)(H,34,35,41). The Balaban J connectivity index is 1.15. The first-order valence-corrected chi connectivity index (χ1v) is 15.5. The molecule has 0 bridgehead atoms. The van der Waals surface area contributed by atoms with E-state index in [1.807, 2.05) is 11.0 Å². The van der Waals surface area contributed by atoms with Crippen LogP contribution < -0.4 is 15.9 Å². The molecule has 11 nitrogen and oxygen atoms in total. The van der Waals surface area contributed by atoms with E-state index in [-0.39, 0.29) is 50.8 Å². The number of hydrogen-bond donors (Lipinski definition) is 2. The van der Waals surface area contributed by atoms with Crippen LogP contribution >= 0.6 is 27.7 Å². The number of rotatable bonds is 7. The number of H-pyrrole nitrogens is 1. The molecule has 4 aromatic rings. The van der Waals surface area contributed by atoms with Gasteiger partial charge < -0.3 is 24.5 Å². The number of pyridine rings is 1. The Morgan fingerprint density at radius 2 is 1.84 bits per heavy atom. The van der Waals surface area contributed by atoms with Crippen LogP contribution in [0.1, 0.15) is 34.8 Å². The molecule has 2 aromatic carbocycles. The summed E-state index contributed by atoms with van der Waals surface area (Å²) in [5, 5.41) is 19.2. The normalized spacial score (nSPS) is 14.9. The summed E-state index contributed by atoms with van der Waals surface area (Å²) in [4.78, 5) is 60.5. The number of aromatic carboxylic acids is 1. The zero-order valence-electron chi connectivity index (χ0n) is 23.0. The van der Waals surface area contributed by atoms with Gasteiger partial charge in [-0.1, -0.05) is 39.8 Å². The van der Waals surface area contributed by atoms with Crippen LogP contribution in [-0.4, -0.2) is 68.3 Å². The van der Waals surface area contributed by atoms with Crippen LogP contribution in [0.3, 0.4) is 0 Å². The molecule has 0 spiro atoms. The number of aromatic amines is 1. The van der Waals surface area contributed by atoms with Gasteiger partial charge >= 0.3 is 5.97 Å². The summed E-state index contributed by atoms with van der Waals surface area (Å²) in [7, 11) is 0. The van der Waals surface area contributed by atoms with Gasteiger partial charge in [-0.05, 0) is 37.1 Å². The fourth-order valence-corrected chi connectivity index (χ4v) is 6.30. The van der Waals surface area contributed by atoms with Gasteiger partial charge in [-0.3, -0.25) is 14.4 Å². The van der Waals surface area contributed by atoms with Gasteiger partial charge in [0.15, 0.2) is 5.16 Å². The van der Waals surface area contributed by atoms with Crippen molar-refractivity contribution in [2.75, 3.05) is 36.8 Å². The van der Waals surface area contributed by atoms with Gasteiger partial charge in [0.1, 0.15) is 23.0 Å². The van der Waals surface area contributed by atoms with Gasteiger partial charge in [0.2, 0.25) is 11.3 Å². The number of hydrogen-bond acceptors (Lipinski definition) is 8. The number of thioether (sulfide) groups is 1. The topological polar surface area (TPSA) is 152 Å². The van der Waals surface area contributed by atoms with Crippen molar-refractivity contribution in [3.05, 3.63) is 84.6 Å². The van der Waals surface area contributed by atoms with E-state index >= 15 is 4.39 Å². The number of carbonyl (C=O) groups excluding carboxylic acids is 1. The van der Waals surface area contributed by atoms with E-state index in [4.69, 9.17) is 0 Å². The van der Waals surface area contributed by atoms with E-state index in [9.17, 15) is 29.5 Å². The van der Waals surface area contributed by atoms with Gasteiger partial charge in [-0.2, -0.15) is 5.26 Å². The number of carboxylic acids is 1. The number of fused-ring (bicyclic) bond motifs is 1. The summed E-state index contributed by atoms with van der Waals surface area (Å²) in [6.07, 6.45) is 3.04. The molecule has 0 atom stereocenters. The summed E-state index contributed by atoms with van der Waals surface area (Å²) in [5.41, 5.74) is -0.204. The van der Waals surface area contributed by atoms with Crippen LogP contribution in [0.5, 0.6) is 0 Å². The molecule has 44 heavy (non-hydrogen) atoms. The second-order valence-corrected chi connectivity index (χ2v) is 12.4. The molecular weight excluding hydrogens is 655 g/mol. The average Bonchev–Trinajstić information content (AvgIpc) is 3.86. The zero-order chi connectivity index (χ0) is 31.1. The van der Waals surface area contributed by atoms with Crippen molar-refractivity contribution in [1.29, 1.82) is 5.26 Å². The molecule has 2 aliphatic rings. The van der Waals surface area contributed by atoms with E-state index in [1.54, 1.807) is 39.8 Å². The summed E-state index contributed by atoms with van der Waals surface area (Å²) in [6, 6.07) is 11.7. The highest BCUT2D eigenvalue weighted by Crippen LogP contribution is 2.38. The number of aromatic nitrogens is 3. The number of halogens is 2. The van der Waals surface area contributed by atoms with E-state index in [0.717, 1.165) is 35.1 Å². The molecule has 1 aliphatic heterocycles. The molecule has 1 amide bonds. The maximum Gasteiger partial charge on any atom is 0.341 e. The lowest BCUT2D eigenvalue weighted by Crippen LogP contribution is -2.49. The fourth-order valence-electron chi connectivity index (χ4n) is 5.27. The number of carboxylic acid groups (broad SMARTS) is 1. The lowest BCUT2D eigenvalue weighted by Gasteiger charge is -2.36. The highest BCUT2D eigenvalue weighted by atomic mass is 79.9. The Bertz CT molecular complexity index is 1980. The van der Waals surface area contributed by atoms with E-state index in [1.165, 1.54) is 6.20 Å². The molecule has 14 heteroatoms. The number of nitrogens with zero attached hydrogens (tertiary/aromatic N) is 5. The number of piperazine rings is 1. The lowest BCUT2D eigenvalue weighted by molar-refractivity contribution is -0.128. The van der Waals surface area contributed by atoms with Crippen molar-refractivity contribution in [2.24, 2.45) is 0 Å². The molecule has 1 saturated heterocycles. The van der Waals surface area contributed by atoms with Crippen molar-refractivity contribution < 1.29 is 19.1 Å². The second-order valence-electron chi connectivity index (χ2n) is 10.5. The highest BCUT2D eigenvalue weighted by molar-refractivity contribution is 9.10. The molecule has 1 saturated carbocycles. The van der Waals surface area contributed by atoms with Crippen LogP contribution in [0.25, 0.3) is 22.2 Å². The van der Waals surface area contributed by atoms with Crippen molar-refractivity contribution in [3.63, 3.8) is 0 Å². The quantitative estimate of drug-likeness (QED) is 0.218. The summed E-state index contributed by atoms with van der Waals surface area (Å²) in [6.45, 7) is 1.34. The zero-order valence-corrected chi connectivity index (χ0v) is 25.5. The van der Waals surface area contributed by atoms with E-state index in [2.05, 4.69) is 25.9 Å². The minimum absolute atomic E-state index is 0.00146. The smallest absolute Gasteiger partial charge is 0.341 e. The molecule has 1 aliphatic carbocycles. The molecule has 6 rings (SSSR count). The Morgan fingerprint density at radius 3 is 2.48 bits per heavy atom. The average molecular weight is 680 g/mol. The van der Waals surface area contributed by atoms with Crippen molar-refractivity contribution in [1.82, 2.24) is 19.4 Å². The molecule has 224 valence electrons. The Hall–Kier alpha value is -4.48. The lowest BCUT2D eigenvalue weighted by atomic mass is 10.1. The van der Waals surface area contributed by atoms with Gasteiger partial charge in [-0.25, -0.2) is 14.2 Å². The fraction of sp³-hybridized carbons (Fsp3) is 0.267. The second kappa shape index (κ2) is 11.9. The number of anilines is 1. The molecule has 2 N–H and O–H groups in total. The third-order valence-corrected chi connectivity index (χ3v) is 9.09. The molecule has 2 fully saturated rings. The Labute approximate surface area is 262 Å². The molecule has 3 heterocycles. The number of carbonyl (C=O) groups is 2. The monoisotopic (exact) mass is 678 g/mol. The first kappa shape index (κ1) is 29.6. The SMILES string of the molecule is N#Cc1c(-c2ccc(Br)cc2)nc(SCC(=O)N2CCN(c3cc4c(cc3F)c(=O)c(C(=O)O)cn4C3CC3)CC2)[nH]c1=O. The van der Waals surface area contributed by atoms with Crippen LogP contribution in [-0.2, 0) is 4.79 Å². The molecule has 0 unspecified atom stereocenters. The van der Waals surface area contributed by atoms with Gasteiger partial charge in [-0.15, -0.1) is 0 Å². The van der Waals surface area contributed by atoms with Crippen LogP contribution in [0, 0.1) is 17.1 Å². The number of nitrogens with one attached hydrogen (secondary N) is 1. The summed E-state index contributed by atoms with van der Waals surface area (Å²) < 4.78 is 17.9. The molecule has 0 radical (unpaired) electrons. The first-order chi connectivity index (χ1) is 21.1. The highest BCUT2D eigenvalue weighted by Gasteiger charge is 2.29. The van der Waals surface area contributed by atoms with Crippen LogP contribution in [0.2, 0.25) is 0 Å². The predicted molar refractivity (Wildman–Crippen MR) is 166 cm³/mol. The van der Waals surface area contributed by atoms with Crippen molar-refractivity contribution in [3.8, 4) is 17.3 Å². The molecular formula is C30H24BrFN6O5S. The van der Waals surface area contributed by atoms with Gasteiger partial charge in [0.05, 0.1) is 22.7 Å².